The second-order valence-electron chi connectivity index (χ2n) is 22.4. The first kappa shape index (κ1) is 57.9. The van der Waals surface area contributed by atoms with Crippen molar-refractivity contribution in [2.45, 2.75) is 140 Å². The number of aromatic nitrogens is 3. The van der Waals surface area contributed by atoms with Crippen LogP contribution in [-0.2, 0) is 58.1 Å². The third-order valence-corrected chi connectivity index (χ3v) is 17.4. The van der Waals surface area contributed by atoms with E-state index in [-0.39, 0.29) is 91.8 Å². The smallest absolute Gasteiger partial charge is 0.370 e. The minimum atomic E-state index is -5.12. The fourth-order valence-corrected chi connectivity index (χ4v) is 12.5. The lowest BCUT2D eigenvalue weighted by Crippen LogP contribution is -2.62. The average molecular weight is 1130 g/mol. The van der Waals surface area contributed by atoms with Crippen molar-refractivity contribution in [2.24, 2.45) is 24.6 Å². The van der Waals surface area contributed by atoms with E-state index in [0.717, 1.165) is 36.0 Å². The zero-order valence-corrected chi connectivity index (χ0v) is 46.4. The van der Waals surface area contributed by atoms with E-state index in [1.807, 2.05) is 42.5 Å². The molecule has 2 aromatic heterocycles. The monoisotopic (exact) mass is 1130 g/mol. The molecule has 0 bridgehead atoms. The lowest BCUT2D eigenvalue weighted by atomic mass is 9.79. The van der Waals surface area contributed by atoms with Gasteiger partial charge in [-0.1, -0.05) is 44.2 Å². The molecule has 23 nitrogen and oxygen atoms in total. The Balaban J connectivity index is 0.890. The van der Waals surface area contributed by atoms with Gasteiger partial charge in [-0.05, 0) is 136 Å². The molecule has 3 aromatic carbocycles. The Bertz CT molecular complexity index is 3430. The van der Waals surface area contributed by atoms with Crippen LogP contribution >= 0.6 is 7.60 Å². The molecule has 0 spiro atoms. The normalized spacial score (nSPS) is 22.0. The molecule has 8 amide bonds. The third kappa shape index (κ3) is 12.9. The molecular formula is C57H69N10O13P. The van der Waals surface area contributed by atoms with Crippen LogP contribution in [0.15, 0.2) is 71.5 Å². The summed E-state index contributed by atoms with van der Waals surface area (Å²) < 4.78 is 14.7. The highest BCUT2D eigenvalue weighted by atomic mass is 31.2. The van der Waals surface area contributed by atoms with E-state index in [4.69, 9.17) is 5.73 Å². The SMILES string of the molecule is CC(C)c1ccc(CNC(=O)[C@H](CCC(N)=O)NC(=O)[C@@H]2CC[C@@H]3CCN(C(=O)C4CCC(CCc5ccc6c(c5)n(C)c(=O)n6[C@H]5CCC(=O)NC5=O)CC4)C[C@H](NC(=O)c4cc5cc(C(=O)P(=O)(O)O)ccc5[nH]4)C(=O)N32)cc1. The number of hydrogen-bond donors (Lipinski definition) is 8. The fourth-order valence-electron chi connectivity index (χ4n) is 12.0. The first-order chi connectivity index (χ1) is 38.5. The molecule has 0 radical (unpaired) electrons. The molecule has 3 saturated heterocycles. The van der Waals surface area contributed by atoms with E-state index in [0.29, 0.717) is 60.5 Å². The predicted octanol–water partition coefficient (Wildman–Crippen LogP) is 3.44. The number of imide groups is 1. The zero-order valence-electron chi connectivity index (χ0n) is 45.5. The molecule has 4 fully saturated rings. The van der Waals surface area contributed by atoms with Gasteiger partial charge in [0.05, 0.1) is 11.0 Å². The predicted molar refractivity (Wildman–Crippen MR) is 296 cm³/mol. The summed E-state index contributed by atoms with van der Waals surface area (Å²) in [4.78, 5) is 159. The number of nitrogens with zero attached hydrogens (tertiary/aromatic N) is 4. The number of nitrogens with two attached hydrogens (primary N) is 1. The van der Waals surface area contributed by atoms with Crippen LogP contribution in [0.3, 0.4) is 0 Å². The van der Waals surface area contributed by atoms with E-state index in [1.54, 1.807) is 11.9 Å². The molecular weight excluding hydrogens is 1060 g/mol. The van der Waals surface area contributed by atoms with E-state index in [2.05, 4.69) is 40.1 Å². The van der Waals surface area contributed by atoms with Crippen molar-refractivity contribution >= 4 is 82.3 Å². The number of hydrogen-bond acceptors (Lipinski definition) is 11. The summed E-state index contributed by atoms with van der Waals surface area (Å²) in [7, 11) is -3.47. The molecule has 0 unspecified atom stereocenters. The van der Waals surface area contributed by atoms with Crippen LogP contribution in [0.2, 0.25) is 0 Å². The largest absolute Gasteiger partial charge is 0.396 e. The van der Waals surface area contributed by atoms with E-state index in [9.17, 15) is 57.5 Å². The maximum absolute atomic E-state index is 15.1. The number of H-pyrrole nitrogens is 1. The molecule has 1 saturated carbocycles. The second kappa shape index (κ2) is 24.1. The Morgan fingerprint density at radius 3 is 2.26 bits per heavy atom. The van der Waals surface area contributed by atoms with Gasteiger partial charge in [-0.25, -0.2) is 4.79 Å². The highest BCUT2D eigenvalue weighted by molar-refractivity contribution is 7.70. The van der Waals surface area contributed by atoms with Crippen LogP contribution in [0.5, 0.6) is 0 Å². The lowest BCUT2D eigenvalue weighted by Gasteiger charge is -2.40. The minimum Gasteiger partial charge on any atom is -0.370 e. The first-order valence-corrected chi connectivity index (χ1v) is 29.3. The highest BCUT2D eigenvalue weighted by Crippen LogP contribution is 2.40. The molecule has 5 atom stereocenters. The van der Waals surface area contributed by atoms with Gasteiger partial charge in [0.15, 0.2) is 0 Å². The Morgan fingerprint density at radius 2 is 1.57 bits per heavy atom. The average Bonchev–Trinajstić information content (AvgIpc) is 4.26. The maximum Gasteiger partial charge on any atom is 0.396 e. The van der Waals surface area contributed by atoms with Crippen molar-refractivity contribution < 1.29 is 57.5 Å². The number of nitrogens with one attached hydrogen (secondary N) is 5. The first-order valence-electron chi connectivity index (χ1n) is 27.7. The topological polar surface area (TPSA) is 335 Å². The molecule has 9 N–H and O–H groups in total. The Kier molecular flexibility index (Phi) is 17.3. The Labute approximate surface area is 466 Å². The molecule has 1 aliphatic carbocycles. The maximum atomic E-state index is 15.1. The summed E-state index contributed by atoms with van der Waals surface area (Å²) in [6.07, 6.45) is 5.18. The molecule has 24 heteroatoms. The van der Waals surface area contributed by atoms with Crippen molar-refractivity contribution in [3.63, 3.8) is 0 Å². The van der Waals surface area contributed by atoms with Gasteiger partial charge in [-0.2, -0.15) is 0 Å². The Hall–Kier alpha value is -7.75. The van der Waals surface area contributed by atoms with Crippen molar-refractivity contribution in [1.29, 1.82) is 0 Å². The van der Waals surface area contributed by atoms with E-state index < -0.39 is 78.8 Å². The molecule has 9 rings (SSSR count). The number of benzene rings is 3. The molecule has 4 aliphatic rings. The van der Waals surface area contributed by atoms with Crippen LogP contribution in [0.1, 0.15) is 140 Å². The molecule has 430 valence electrons. The molecule has 81 heavy (non-hydrogen) atoms. The Morgan fingerprint density at radius 1 is 0.840 bits per heavy atom. The minimum absolute atomic E-state index is 0.0575. The highest BCUT2D eigenvalue weighted by Gasteiger charge is 2.47. The van der Waals surface area contributed by atoms with Gasteiger partial charge in [0.1, 0.15) is 29.9 Å². The van der Waals surface area contributed by atoms with Gasteiger partial charge in [0.25, 0.3) is 11.4 Å². The number of fused-ring (bicyclic) bond motifs is 3. The molecule has 3 aliphatic heterocycles. The summed E-state index contributed by atoms with van der Waals surface area (Å²) in [5.41, 5.74) is 8.00. The van der Waals surface area contributed by atoms with Crippen LogP contribution < -0.4 is 32.7 Å². The third-order valence-electron chi connectivity index (χ3n) is 16.6. The van der Waals surface area contributed by atoms with Gasteiger partial charge < -0.3 is 46.3 Å². The standard InChI is InChI=1S/C57H69N10O13P/c1-31(2)35-11-8-34(9-12-35)29-59-50(70)41(18-22-48(58)68)61-52(72)45-20-16-39-24-25-65(30-43(55(75)66(39)45)62-51(71)42-28-38-27-37(15-17-40(38)60-42)56(76)81(78,79)80)54(74)36-13-6-32(7-14-36)4-5-33-10-19-44-47(26-33)64(3)57(77)67(44)46-21-23-49(69)63-53(46)73/h8-12,15,17,19,26-28,31-32,36,39,41,43,45-46,60H,4-7,13-14,16,18,20-25,29-30H2,1-3H3,(H2,58,68)(H,59,70)(H,61,72)(H,62,71)(H,63,69,73)(H2,78,79,80)/t32?,36?,39-,41+,43+,45+,46+/m1/s1. The number of aromatic amines is 1. The van der Waals surface area contributed by atoms with Gasteiger partial charge in [-0.15, -0.1) is 0 Å². The van der Waals surface area contributed by atoms with E-state index >= 15 is 4.79 Å². The van der Waals surface area contributed by atoms with Crippen molar-refractivity contribution in [2.75, 3.05) is 13.1 Å². The van der Waals surface area contributed by atoms with Gasteiger partial charge >= 0.3 is 13.3 Å². The zero-order chi connectivity index (χ0) is 58.0. The molecule has 5 aromatic rings. The van der Waals surface area contributed by atoms with Crippen LogP contribution in [0, 0.1) is 11.8 Å². The van der Waals surface area contributed by atoms with Crippen molar-refractivity contribution in [3.8, 4) is 0 Å². The fraction of sp³-hybridized carbons (Fsp3) is 0.474. The van der Waals surface area contributed by atoms with Crippen LogP contribution in [-0.4, -0.2) is 124 Å². The van der Waals surface area contributed by atoms with Gasteiger partial charge in [0.2, 0.25) is 41.4 Å². The van der Waals surface area contributed by atoms with Crippen molar-refractivity contribution in [1.82, 2.24) is 45.2 Å². The number of primary amides is 1. The quantitative estimate of drug-likeness (QED) is 0.0461. The summed E-state index contributed by atoms with van der Waals surface area (Å²) in [6, 6.07) is 13.7. The number of piperidine rings is 1. The second-order valence-corrected chi connectivity index (χ2v) is 23.9. The van der Waals surface area contributed by atoms with Crippen LogP contribution in [0.25, 0.3) is 21.9 Å². The van der Waals surface area contributed by atoms with Gasteiger partial charge in [-0.3, -0.25) is 62.2 Å². The van der Waals surface area contributed by atoms with Gasteiger partial charge in [0, 0.05) is 67.9 Å². The summed E-state index contributed by atoms with van der Waals surface area (Å²) in [5.74, 6) is -4.07. The number of carbonyl (C=O) groups is 9. The van der Waals surface area contributed by atoms with Crippen LogP contribution in [0.4, 0.5) is 0 Å². The number of carbonyl (C=O) groups excluding carboxylic acids is 9. The summed E-state index contributed by atoms with van der Waals surface area (Å²) >= 11 is 0. The number of amides is 8. The molecule has 5 heterocycles. The number of rotatable bonds is 18. The summed E-state index contributed by atoms with van der Waals surface area (Å²) in [5, 5.41) is 11.0. The summed E-state index contributed by atoms with van der Waals surface area (Å²) in [6.45, 7) is 4.25. The lowest BCUT2D eigenvalue weighted by molar-refractivity contribution is -0.147. The van der Waals surface area contributed by atoms with E-state index in [1.165, 1.54) is 38.3 Å². The number of aryl methyl sites for hydroxylation is 2. The number of imidazole rings is 1. The van der Waals surface area contributed by atoms with Crippen molar-refractivity contribution in [3.05, 3.63) is 105 Å².